The lowest BCUT2D eigenvalue weighted by Crippen LogP contribution is -2.28. The average molecular weight is 238 g/mol. The molecule has 94 valence electrons. The van der Waals surface area contributed by atoms with Crippen LogP contribution in [0.25, 0.3) is 0 Å². The van der Waals surface area contributed by atoms with Crippen LogP contribution in [0.4, 0.5) is 4.39 Å². The van der Waals surface area contributed by atoms with Crippen molar-refractivity contribution in [2.24, 2.45) is 0 Å². The Morgan fingerprint density at radius 1 is 1.47 bits per heavy atom. The molecule has 0 unspecified atom stereocenters. The van der Waals surface area contributed by atoms with Crippen LogP contribution in [-0.4, -0.2) is 31.4 Å². The Kier molecular flexibility index (Phi) is 5.10. The minimum atomic E-state index is -0.210. The Morgan fingerprint density at radius 2 is 2.18 bits per heavy atom. The number of halogens is 1. The summed E-state index contributed by atoms with van der Waals surface area (Å²) in [5.74, 6) is -0.126. The van der Waals surface area contributed by atoms with Crippen LogP contribution in [0.5, 0.6) is 0 Å². The Labute approximate surface area is 102 Å². The number of nitrogens with zero attached hydrogens (tertiary/aromatic N) is 1. The fourth-order valence-electron chi connectivity index (χ4n) is 1.59. The molecule has 0 aliphatic carbocycles. The van der Waals surface area contributed by atoms with Crippen molar-refractivity contribution in [3.8, 4) is 0 Å². The highest BCUT2D eigenvalue weighted by molar-refractivity contribution is 5.76. The van der Waals surface area contributed by atoms with Crippen molar-refractivity contribution in [3.05, 3.63) is 35.1 Å². The third-order valence-electron chi connectivity index (χ3n) is 2.66. The van der Waals surface area contributed by atoms with E-state index in [0.717, 1.165) is 5.56 Å². The van der Waals surface area contributed by atoms with Crippen LogP contribution >= 0.6 is 0 Å². The zero-order valence-electron chi connectivity index (χ0n) is 10.6. The molecule has 1 aromatic rings. The molecular weight excluding hydrogens is 219 g/mol. The van der Waals surface area contributed by atoms with E-state index in [1.807, 2.05) is 7.05 Å². The Morgan fingerprint density at radius 3 is 2.76 bits per heavy atom. The van der Waals surface area contributed by atoms with Crippen LogP contribution in [0, 0.1) is 12.7 Å². The minimum Gasteiger partial charge on any atom is -0.341 e. The summed E-state index contributed by atoms with van der Waals surface area (Å²) in [5, 5.41) is 2.94. The van der Waals surface area contributed by atoms with Gasteiger partial charge in [-0.3, -0.25) is 4.79 Å². The molecule has 17 heavy (non-hydrogen) atoms. The number of rotatable bonds is 5. The van der Waals surface area contributed by atoms with Crippen LogP contribution < -0.4 is 5.32 Å². The molecule has 0 saturated carbocycles. The van der Waals surface area contributed by atoms with Gasteiger partial charge in [-0.1, -0.05) is 12.1 Å². The van der Waals surface area contributed by atoms with Gasteiger partial charge in [-0.25, -0.2) is 4.39 Å². The molecule has 0 aromatic heterocycles. The molecule has 4 heteroatoms. The molecule has 1 aromatic carbocycles. The molecule has 0 heterocycles. The molecule has 3 nitrogen and oxygen atoms in total. The highest BCUT2D eigenvalue weighted by Gasteiger charge is 2.09. The molecule has 0 fully saturated rings. The van der Waals surface area contributed by atoms with Gasteiger partial charge in [0.05, 0.1) is 0 Å². The van der Waals surface area contributed by atoms with Crippen molar-refractivity contribution >= 4 is 5.91 Å². The number of aryl methyl sites for hydroxylation is 1. The lowest BCUT2D eigenvalue weighted by molar-refractivity contribution is -0.130. The second kappa shape index (κ2) is 6.35. The second-order valence-corrected chi connectivity index (χ2v) is 4.19. The highest BCUT2D eigenvalue weighted by atomic mass is 19.1. The van der Waals surface area contributed by atoms with Gasteiger partial charge in [0, 0.05) is 26.6 Å². The number of hydrogen-bond donors (Lipinski definition) is 1. The van der Waals surface area contributed by atoms with Gasteiger partial charge in [0.1, 0.15) is 5.82 Å². The summed E-state index contributed by atoms with van der Waals surface area (Å²) in [6.07, 6.45) is 0.479. The van der Waals surface area contributed by atoms with E-state index in [0.29, 0.717) is 25.1 Å². The predicted octanol–water partition coefficient (Wildman–Crippen LogP) is 1.70. The first kappa shape index (κ1) is 13.6. The lowest BCUT2D eigenvalue weighted by atomic mass is 10.1. The standard InChI is InChI=1S/C13H19FN2O/c1-10-8-11(4-5-12(10)14)9-16(3)13(17)6-7-15-2/h4-5,8,15H,6-7,9H2,1-3H3. The van der Waals surface area contributed by atoms with Crippen molar-refractivity contribution < 1.29 is 9.18 Å². The predicted molar refractivity (Wildman–Crippen MR) is 66.2 cm³/mol. The van der Waals surface area contributed by atoms with Gasteiger partial charge in [-0.15, -0.1) is 0 Å². The van der Waals surface area contributed by atoms with Gasteiger partial charge >= 0.3 is 0 Å². The van der Waals surface area contributed by atoms with Gasteiger partial charge in [-0.05, 0) is 31.2 Å². The summed E-state index contributed by atoms with van der Waals surface area (Å²) in [7, 11) is 3.58. The molecular formula is C13H19FN2O. The first-order valence-corrected chi connectivity index (χ1v) is 5.68. The van der Waals surface area contributed by atoms with E-state index in [-0.39, 0.29) is 11.7 Å². The van der Waals surface area contributed by atoms with Gasteiger partial charge < -0.3 is 10.2 Å². The monoisotopic (exact) mass is 238 g/mol. The SMILES string of the molecule is CNCCC(=O)N(C)Cc1ccc(F)c(C)c1. The molecule has 1 amide bonds. The highest BCUT2D eigenvalue weighted by Crippen LogP contribution is 2.11. The molecule has 1 rings (SSSR count). The summed E-state index contributed by atoms with van der Waals surface area (Å²) >= 11 is 0. The zero-order valence-corrected chi connectivity index (χ0v) is 10.6. The maximum absolute atomic E-state index is 13.1. The number of nitrogens with one attached hydrogen (secondary N) is 1. The number of carbonyl (C=O) groups excluding carboxylic acids is 1. The maximum atomic E-state index is 13.1. The average Bonchev–Trinajstić information content (AvgIpc) is 2.30. The Bertz CT molecular complexity index is 393. The van der Waals surface area contributed by atoms with Gasteiger partial charge in [0.15, 0.2) is 0 Å². The molecule has 0 aliphatic rings. The van der Waals surface area contributed by atoms with Gasteiger partial charge in [0.2, 0.25) is 5.91 Å². The summed E-state index contributed by atoms with van der Waals surface area (Å²) in [4.78, 5) is 13.3. The number of benzene rings is 1. The topological polar surface area (TPSA) is 32.3 Å². The molecule has 0 spiro atoms. The van der Waals surface area contributed by atoms with E-state index < -0.39 is 0 Å². The third-order valence-corrected chi connectivity index (χ3v) is 2.66. The fraction of sp³-hybridized carbons (Fsp3) is 0.462. The van der Waals surface area contributed by atoms with Crippen molar-refractivity contribution in [3.63, 3.8) is 0 Å². The summed E-state index contributed by atoms with van der Waals surface area (Å²) < 4.78 is 13.1. The quantitative estimate of drug-likeness (QED) is 0.847. The van der Waals surface area contributed by atoms with Crippen molar-refractivity contribution in [2.45, 2.75) is 19.9 Å². The molecule has 0 radical (unpaired) electrons. The van der Waals surface area contributed by atoms with Crippen LogP contribution in [0.3, 0.4) is 0 Å². The van der Waals surface area contributed by atoms with E-state index in [1.165, 1.54) is 6.07 Å². The Balaban J connectivity index is 2.58. The lowest BCUT2D eigenvalue weighted by Gasteiger charge is -2.17. The number of carbonyl (C=O) groups is 1. The van der Waals surface area contributed by atoms with E-state index in [4.69, 9.17) is 0 Å². The smallest absolute Gasteiger partial charge is 0.223 e. The van der Waals surface area contributed by atoms with E-state index >= 15 is 0 Å². The van der Waals surface area contributed by atoms with E-state index in [1.54, 1.807) is 31.0 Å². The summed E-state index contributed by atoms with van der Waals surface area (Å²) in [5.41, 5.74) is 1.56. The Hall–Kier alpha value is -1.42. The first-order valence-electron chi connectivity index (χ1n) is 5.68. The number of amides is 1. The van der Waals surface area contributed by atoms with Crippen LogP contribution in [-0.2, 0) is 11.3 Å². The molecule has 1 N–H and O–H groups in total. The molecule has 0 atom stereocenters. The number of hydrogen-bond acceptors (Lipinski definition) is 2. The third kappa shape index (κ3) is 4.15. The van der Waals surface area contributed by atoms with Crippen molar-refractivity contribution in [2.75, 3.05) is 20.6 Å². The molecule has 0 bridgehead atoms. The molecule has 0 saturated heterocycles. The van der Waals surface area contributed by atoms with Crippen molar-refractivity contribution in [1.82, 2.24) is 10.2 Å². The molecule has 0 aliphatic heterocycles. The zero-order chi connectivity index (χ0) is 12.8. The normalized spacial score (nSPS) is 10.4. The van der Waals surface area contributed by atoms with Crippen LogP contribution in [0.1, 0.15) is 17.5 Å². The van der Waals surface area contributed by atoms with E-state index in [2.05, 4.69) is 5.32 Å². The van der Waals surface area contributed by atoms with Gasteiger partial charge in [-0.2, -0.15) is 0 Å². The van der Waals surface area contributed by atoms with Crippen LogP contribution in [0.2, 0.25) is 0 Å². The van der Waals surface area contributed by atoms with Crippen LogP contribution in [0.15, 0.2) is 18.2 Å². The van der Waals surface area contributed by atoms with Crippen molar-refractivity contribution in [1.29, 1.82) is 0 Å². The minimum absolute atomic E-state index is 0.0846. The summed E-state index contributed by atoms with van der Waals surface area (Å²) in [6.45, 7) is 2.91. The summed E-state index contributed by atoms with van der Waals surface area (Å²) in [6, 6.07) is 4.93. The fourth-order valence-corrected chi connectivity index (χ4v) is 1.59. The van der Waals surface area contributed by atoms with Gasteiger partial charge in [0.25, 0.3) is 0 Å². The second-order valence-electron chi connectivity index (χ2n) is 4.19. The first-order chi connectivity index (χ1) is 8.04. The largest absolute Gasteiger partial charge is 0.341 e. The van der Waals surface area contributed by atoms with E-state index in [9.17, 15) is 9.18 Å². The maximum Gasteiger partial charge on any atom is 0.223 e.